The highest BCUT2D eigenvalue weighted by Gasteiger charge is 2.27. The van der Waals surface area contributed by atoms with Crippen LogP contribution < -0.4 is 5.32 Å². The number of aliphatic hydroxyl groups excluding tert-OH is 1. The molecule has 0 radical (unpaired) electrons. The van der Waals surface area contributed by atoms with Crippen molar-refractivity contribution in [1.29, 1.82) is 0 Å². The van der Waals surface area contributed by atoms with Crippen molar-refractivity contribution in [2.45, 2.75) is 16.9 Å². The molecular formula is C17H19Cl2NO3S. The lowest BCUT2D eigenvalue weighted by atomic mass is 9.89. The average molecular weight is 388 g/mol. The summed E-state index contributed by atoms with van der Waals surface area (Å²) in [6, 6.07) is 11.6. The second kappa shape index (κ2) is 7.85. The molecule has 2 rings (SSSR count). The SMILES string of the molecule is CNC[C@H](c1ccc(Cl)c(Cl)c1)[C@@H](O)c1ccccc1S(C)(=O)=O. The van der Waals surface area contributed by atoms with Gasteiger partial charge in [0.2, 0.25) is 0 Å². The number of hydrogen-bond donors (Lipinski definition) is 2. The fourth-order valence-electron chi connectivity index (χ4n) is 2.65. The van der Waals surface area contributed by atoms with Gasteiger partial charge in [-0.2, -0.15) is 0 Å². The molecule has 7 heteroatoms. The van der Waals surface area contributed by atoms with Gasteiger partial charge in [0, 0.05) is 18.7 Å². The minimum absolute atomic E-state index is 0.124. The molecule has 0 unspecified atom stereocenters. The van der Waals surface area contributed by atoms with E-state index in [2.05, 4.69) is 5.32 Å². The Morgan fingerprint density at radius 1 is 1.12 bits per heavy atom. The second-order valence-electron chi connectivity index (χ2n) is 5.59. The first-order chi connectivity index (χ1) is 11.3. The number of aliphatic hydroxyl groups is 1. The number of likely N-dealkylation sites (N-methyl/N-ethyl adjacent to an activating group) is 1. The molecule has 2 aromatic rings. The van der Waals surface area contributed by atoms with Crippen molar-refractivity contribution in [3.63, 3.8) is 0 Å². The maximum atomic E-state index is 12.0. The van der Waals surface area contributed by atoms with E-state index in [-0.39, 0.29) is 10.8 Å². The molecule has 0 amide bonds. The van der Waals surface area contributed by atoms with Gasteiger partial charge in [0.15, 0.2) is 9.84 Å². The lowest BCUT2D eigenvalue weighted by Gasteiger charge is -2.25. The van der Waals surface area contributed by atoms with Crippen LogP contribution in [0.2, 0.25) is 10.0 Å². The van der Waals surface area contributed by atoms with Crippen LogP contribution in [0.5, 0.6) is 0 Å². The monoisotopic (exact) mass is 387 g/mol. The molecule has 0 aliphatic carbocycles. The lowest BCUT2D eigenvalue weighted by molar-refractivity contribution is 0.141. The molecule has 0 bridgehead atoms. The predicted octanol–water partition coefficient (Wildman–Crippen LogP) is 3.43. The molecule has 130 valence electrons. The third-order valence-electron chi connectivity index (χ3n) is 3.81. The Hall–Kier alpha value is -1.11. The van der Waals surface area contributed by atoms with Crippen LogP contribution in [0.3, 0.4) is 0 Å². The van der Waals surface area contributed by atoms with Crippen LogP contribution in [-0.4, -0.2) is 33.4 Å². The lowest BCUT2D eigenvalue weighted by Crippen LogP contribution is -2.24. The van der Waals surface area contributed by atoms with Gasteiger partial charge in [-0.1, -0.05) is 47.5 Å². The molecule has 0 heterocycles. The van der Waals surface area contributed by atoms with E-state index < -0.39 is 15.9 Å². The van der Waals surface area contributed by atoms with Crippen LogP contribution >= 0.6 is 23.2 Å². The Balaban J connectivity index is 2.51. The first-order valence-corrected chi connectivity index (χ1v) is 9.97. The van der Waals surface area contributed by atoms with E-state index in [9.17, 15) is 13.5 Å². The van der Waals surface area contributed by atoms with Crippen molar-refractivity contribution < 1.29 is 13.5 Å². The highest BCUT2D eigenvalue weighted by atomic mass is 35.5. The molecule has 0 aliphatic heterocycles. The highest BCUT2D eigenvalue weighted by Crippen LogP contribution is 2.36. The van der Waals surface area contributed by atoms with Crippen LogP contribution in [0.4, 0.5) is 0 Å². The fourth-order valence-corrected chi connectivity index (χ4v) is 3.90. The molecular weight excluding hydrogens is 369 g/mol. The summed E-state index contributed by atoms with van der Waals surface area (Å²) in [5.41, 5.74) is 1.14. The standard InChI is InChI=1S/C17H19Cl2NO3S/c1-20-10-13(11-7-8-14(18)15(19)9-11)17(21)12-5-3-4-6-16(12)24(2,22)23/h3-9,13,17,20-21H,10H2,1-2H3/t13-,17+/m1/s1. The molecule has 0 saturated carbocycles. The maximum absolute atomic E-state index is 12.0. The zero-order chi connectivity index (χ0) is 17.9. The Kier molecular flexibility index (Phi) is 6.28. The van der Waals surface area contributed by atoms with Gasteiger partial charge < -0.3 is 10.4 Å². The summed E-state index contributed by atoms with van der Waals surface area (Å²) in [6.45, 7) is 0.442. The van der Waals surface area contributed by atoms with Crippen molar-refractivity contribution in [3.05, 3.63) is 63.6 Å². The van der Waals surface area contributed by atoms with Crippen molar-refractivity contribution >= 4 is 33.0 Å². The first kappa shape index (κ1) is 19.2. The summed E-state index contributed by atoms with van der Waals surface area (Å²) in [7, 11) is -1.69. The van der Waals surface area contributed by atoms with Gasteiger partial charge in [0.25, 0.3) is 0 Å². The van der Waals surface area contributed by atoms with Gasteiger partial charge in [0.05, 0.1) is 21.0 Å². The van der Waals surface area contributed by atoms with Gasteiger partial charge >= 0.3 is 0 Å². The van der Waals surface area contributed by atoms with E-state index in [1.165, 1.54) is 6.07 Å². The van der Waals surface area contributed by atoms with Crippen molar-refractivity contribution in [1.82, 2.24) is 5.32 Å². The average Bonchev–Trinajstić information content (AvgIpc) is 2.54. The topological polar surface area (TPSA) is 66.4 Å². The number of halogens is 2. The van der Waals surface area contributed by atoms with E-state index in [0.717, 1.165) is 11.8 Å². The van der Waals surface area contributed by atoms with Crippen LogP contribution in [0.25, 0.3) is 0 Å². The van der Waals surface area contributed by atoms with E-state index in [1.807, 2.05) is 0 Å². The number of benzene rings is 2. The van der Waals surface area contributed by atoms with E-state index in [4.69, 9.17) is 23.2 Å². The highest BCUT2D eigenvalue weighted by molar-refractivity contribution is 7.90. The zero-order valence-corrected chi connectivity index (χ0v) is 15.7. The summed E-state index contributed by atoms with van der Waals surface area (Å²) < 4.78 is 24.0. The summed E-state index contributed by atoms with van der Waals surface area (Å²) in [5.74, 6) is -0.382. The summed E-state index contributed by atoms with van der Waals surface area (Å²) in [4.78, 5) is 0.124. The van der Waals surface area contributed by atoms with E-state index in [0.29, 0.717) is 22.2 Å². The normalized spacial score (nSPS) is 14.4. The van der Waals surface area contributed by atoms with Crippen molar-refractivity contribution in [2.24, 2.45) is 0 Å². The number of rotatable bonds is 6. The third-order valence-corrected chi connectivity index (χ3v) is 5.72. The zero-order valence-electron chi connectivity index (χ0n) is 13.3. The van der Waals surface area contributed by atoms with Gasteiger partial charge in [-0.3, -0.25) is 0 Å². The fraction of sp³-hybridized carbons (Fsp3) is 0.294. The van der Waals surface area contributed by atoms with E-state index in [1.54, 1.807) is 43.4 Å². The van der Waals surface area contributed by atoms with Gasteiger partial charge in [0.1, 0.15) is 0 Å². The van der Waals surface area contributed by atoms with Crippen LogP contribution in [0.1, 0.15) is 23.1 Å². The predicted molar refractivity (Wildman–Crippen MR) is 97.6 cm³/mol. The minimum Gasteiger partial charge on any atom is -0.388 e. The second-order valence-corrected chi connectivity index (χ2v) is 8.39. The Morgan fingerprint density at radius 3 is 2.38 bits per heavy atom. The largest absolute Gasteiger partial charge is 0.388 e. The van der Waals surface area contributed by atoms with Crippen LogP contribution in [0.15, 0.2) is 47.4 Å². The molecule has 0 aliphatic rings. The summed E-state index contributed by atoms with van der Waals surface area (Å²) in [6.07, 6.45) is 0.116. The van der Waals surface area contributed by atoms with Gasteiger partial charge in [-0.25, -0.2) is 8.42 Å². The van der Waals surface area contributed by atoms with E-state index >= 15 is 0 Å². The molecule has 2 aromatic carbocycles. The number of hydrogen-bond acceptors (Lipinski definition) is 4. The Labute approximate surface area is 152 Å². The molecule has 0 fully saturated rings. The third kappa shape index (κ3) is 4.29. The maximum Gasteiger partial charge on any atom is 0.175 e. The summed E-state index contributed by atoms with van der Waals surface area (Å²) >= 11 is 12.0. The van der Waals surface area contributed by atoms with Crippen molar-refractivity contribution in [2.75, 3.05) is 19.8 Å². The number of sulfone groups is 1. The van der Waals surface area contributed by atoms with Crippen LogP contribution in [0, 0.1) is 0 Å². The van der Waals surface area contributed by atoms with Crippen molar-refractivity contribution in [3.8, 4) is 0 Å². The Morgan fingerprint density at radius 2 is 1.79 bits per heavy atom. The molecule has 0 saturated heterocycles. The molecule has 0 aromatic heterocycles. The first-order valence-electron chi connectivity index (χ1n) is 7.32. The minimum atomic E-state index is -3.45. The summed E-state index contributed by atoms with van der Waals surface area (Å²) in [5, 5.41) is 14.7. The van der Waals surface area contributed by atoms with Gasteiger partial charge in [-0.15, -0.1) is 0 Å². The smallest absolute Gasteiger partial charge is 0.175 e. The molecule has 2 N–H and O–H groups in total. The van der Waals surface area contributed by atoms with Gasteiger partial charge in [-0.05, 0) is 36.4 Å². The van der Waals surface area contributed by atoms with Crippen LogP contribution in [-0.2, 0) is 9.84 Å². The number of nitrogens with one attached hydrogen (secondary N) is 1. The molecule has 0 spiro atoms. The molecule has 2 atom stereocenters. The molecule has 4 nitrogen and oxygen atoms in total. The quantitative estimate of drug-likeness (QED) is 0.796. The molecule has 24 heavy (non-hydrogen) atoms. The Bertz CT molecular complexity index is 824.